The minimum absolute atomic E-state index is 0.734. The Morgan fingerprint density at radius 2 is 1.93 bits per heavy atom. The highest BCUT2D eigenvalue weighted by molar-refractivity contribution is 7.13. The second-order valence-electron chi connectivity index (χ2n) is 6.20. The summed E-state index contributed by atoms with van der Waals surface area (Å²) < 4.78 is 0. The van der Waals surface area contributed by atoms with Gasteiger partial charge in [-0.15, -0.1) is 11.3 Å². The van der Waals surface area contributed by atoms with Crippen molar-refractivity contribution in [2.45, 2.75) is 6.92 Å². The first kappa shape index (κ1) is 15.8. The summed E-state index contributed by atoms with van der Waals surface area (Å²) in [4.78, 5) is 18.9. The first-order chi connectivity index (χ1) is 13.2. The number of hydrogen-bond donors (Lipinski definition) is 1. The zero-order valence-corrected chi connectivity index (χ0v) is 15.5. The van der Waals surface area contributed by atoms with Crippen molar-refractivity contribution in [3.05, 3.63) is 53.7 Å². The van der Waals surface area contributed by atoms with Gasteiger partial charge in [-0.3, -0.25) is 4.98 Å². The van der Waals surface area contributed by atoms with Crippen LogP contribution < -0.4 is 0 Å². The van der Waals surface area contributed by atoms with Crippen LogP contribution in [-0.2, 0) is 7.05 Å². The number of aryl methyl sites for hydroxylation is 2. The number of nitrogens with zero attached hydrogens (tertiary/aromatic N) is 6. The fourth-order valence-electron chi connectivity index (χ4n) is 3.06. The molecule has 0 saturated carbocycles. The van der Waals surface area contributed by atoms with Crippen LogP contribution >= 0.6 is 11.3 Å². The van der Waals surface area contributed by atoms with Gasteiger partial charge >= 0.3 is 0 Å². The number of imidazole rings is 1. The van der Waals surface area contributed by atoms with Crippen LogP contribution in [0.4, 0.5) is 0 Å². The number of H-pyrrole nitrogens is 1. The van der Waals surface area contributed by atoms with Crippen molar-refractivity contribution in [3.8, 4) is 33.5 Å². The molecule has 1 N–H and O–H groups in total. The zero-order chi connectivity index (χ0) is 18.4. The van der Waals surface area contributed by atoms with Gasteiger partial charge in [-0.25, -0.2) is 9.97 Å². The van der Waals surface area contributed by atoms with Crippen LogP contribution in [0.15, 0.2) is 48.0 Å². The maximum atomic E-state index is 4.84. The van der Waals surface area contributed by atoms with Gasteiger partial charge in [0.2, 0.25) is 0 Å². The van der Waals surface area contributed by atoms with E-state index in [0.717, 1.165) is 50.2 Å². The molecule has 27 heavy (non-hydrogen) atoms. The highest BCUT2D eigenvalue weighted by Crippen LogP contribution is 2.33. The van der Waals surface area contributed by atoms with E-state index >= 15 is 0 Å². The maximum absolute atomic E-state index is 4.84. The van der Waals surface area contributed by atoms with E-state index in [1.54, 1.807) is 22.3 Å². The predicted molar refractivity (Wildman–Crippen MR) is 105 cm³/mol. The quantitative estimate of drug-likeness (QED) is 0.519. The van der Waals surface area contributed by atoms with Crippen LogP contribution in [0.1, 0.15) is 5.69 Å². The zero-order valence-electron chi connectivity index (χ0n) is 14.7. The Morgan fingerprint density at radius 1 is 1.04 bits per heavy atom. The molecule has 5 aromatic rings. The van der Waals surface area contributed by atoms with Gasteiger partial charge in [-0.2, -0.15) is 15.0 Å². The number of aromatic amines is 1. The van der Waals surface area contributed by atoms with Gasteiger partial charge in [-0.1, -0.05) is 12.1 Å². The number of benzene rings is 1. The van der Waals surface area contributed by atoms with Gasteiger partial charge in [0.05, 0.1) is 17.1 Å². The summed E-state index contributed by atoms with van der Waals surface area (Å²) >= 11 is 1.55. The molecule has 5 rings (SSSR count). The van der Waals surface area contributed by atoms with Crippen molar-refractivity contribution >= 4 is 22.4 Å². The lowest BCUT2D eigenvalue weighted by Crippen LogP contribution is -1.90. The molecule has 0 atom stereocenters. The summed E-state index contributed by atoms with van der Waals surface area (Å²) in [5.41, 5.74) is 6.13. The molecule has 0 aliphatic rings. The molecule has 0 fully saturated rings. The van der Waals surface area contributed by atoms with Crippen molar-refractivity contribution in [1.29, 1.82) is 0 Å². The molecule has 0 aliphatic heterocycles. The molecule has 0 aliphatic carbocycles. The fourth-order valence-corrected chi connectivity index (χ4v) is 3.64. The van der Waals surface area contributed by atoms with E-state index in [4.69, 9.17) is 4.98 Å². The monoisotopic (exact) mass is 373 g/mol. The summed E-state index contributed by atoms with van der Waals surface area (Å²) in [6.45, 7) is 1.98. The van der Waals surface area contributed by atoms with Crippen molar-refractivity contribution < 1.29 is 0 Å². The van der Waals surface area contributed by atoms with Gasteiger partial charge in [0.25, 0.3) is 0 Å². The third kappa shape index (κ3) is 2.80. The van der Waals surface area contributed by atoms with Crippen molar-refractivity contribution in [1.82, 2.24) is 34.9 Å². The van der Waals surface area contributed by atoms with Gasteiger partial charge in [0.1, 0.15) is 11.0 Å². The molecule has 4 aromatic heterocycles. The molecular formula is C19H15N7S. The SMILES string of the molecule is Cc1cccc(-c2[nH]c(-c3nccs3)nc2-c2ccc3nn(C)nc3c2)n1. The summed E-state index contributed by atoms with van der Waals surface area (Å²) in [7, 11) is 1.82. The summed E-state index contributed by atoms with van der Waals surface area (Å²) in [5.74, 6) is 0.734. The average molecular weight is 373 g/mol. The van der Waals surface area contributed by atoms with Crippen LogP contribution in [-0.4, -0.2) is 34.9 Å². The van der Waals surface area contributed by atoms with Crippen LogP contribution in [0.25, 0.3) is 44.5 Å². The second-order valence-corrected chi connectivity index (χ2v) is 7.10. The summed E-state index contributed by atoms with van der Waals surface area (Å²) in [6.07, 6.45) is 1.78. The Kier molecular flexibility index (Phi) is 3.58. The molecule has 8 heteroatoms. The lowest BCUT2D eigenvalue weighted by atomic mass is 10.1. The van der Waals surface area contributed by atoms with Gasteiger partial charge in [0, 0.05) is 29.9 Å². The van der Waals surface area contributed by atoms with E-state index < -0.39 is 0 Å². The molecule has 0 unspecified atom stereocenters. The maximum Gasteiger partial charge on any atom is 0.167 e. The molecule has 7 nitrogen and oxygen atoms in total. The van der Waals surface area contributed by atoms with E-state index in [0.29, 0.717) is 0 Å². The van der Waals surface area contributed by atoms with E-state index in [9.17, 15) is 0 Å². The Morgan fingerprint density at radius 3 is 2.74 bits per heavy atom. The predicted octanol–water partition coefficient (Wildman–Crippen LogP) is 3.85. The normalized spacial score (nSPS) is 11.3. The van der Waals surface area contributed by atoms with Crippen LogP contribution in [0, 0.1) is 6.92 Å². The van der Waals surface area contributed by atoms with E-state index in [2.05, 4.69) is 25.1 Å². The van der Waals surface area contributed by atoms with Crippen molar-refractivity contribution in [2.24, 2.45) is 7.05 Å². The molecule has 0 spiro atoms. The highest BCUT2D eigenvalue weighted by atomic mass is 32.1. The van der Waals surface area contributed by atoms with Gasteiger partial charge < -0.3 is 4.98 Å². The highest BCUT2D eigenvalue weighted by Gasteiger charge is 2.18. The molecule has 0 saturated heterocycles. The fraction of sp³-hybridized carbons (Fsp3) is 0.105. The lowest BCUT2D eigenvalue weighted by Gasteiger charge is -2.03. The van der Waals surface area contributed by atoms with Crippen LogP contribution in [0.3, 0.4) is 0 Å². The smallest absolute Gasteiger partial charge is 0.167 e. The van der Waals surface area contributed by atoms with E-state index in [-0.39, 0.29) is 0 Å². The van der Waals surface area contributed by atoms with E-state index in [1.807, 2.05) is 55.7 Å². The number of pyridine rings is 1. The summed E-state index contributed by atoms with van der Waals surface area (Å²) in [6, 6.07) is 11.9. The topological polar surface area (TPSA) is 85.2 Å². The molecule has 132 valence electrons. The number of rotatable bonds is 3. The largest absolute Gasteiger partial charge is 0.334 e. The first-order valence-corrected chi connectivity index (χ1v) is 9.31. The Bertz CT molecular complexity index is 1250. The minimum atomic E-state index is 0.734. The molecule has 0 radical (unpaired) electrons. The number of fused-ring (bicyclic) bond motifs is 1. The van der Waals surface area contributed by atoms with Crippen molar-refractivity contribution in [2.75, 3.05) is 0 Å². The number of hydrogen-bond acceptors (Lipinski definition) is 6. The average Bonchev–Trinajstić information content (AvgIpc) is 3.39. The number of aromatic nitrogens is 7. The summed E-state index contributed by atoms with van der Waals surface area (Å²) in [5, 5.41) is 11.5. The minimum Gasteiger partial charge on any atom is -0.334 e. The van der Waals surface area contributed by atoms with Crippen LogP contribution in [0.5, 0.6) is 0 Å². The Balaban J connectivity index is 1.73. The first-order valence-electron chi connectivity index (χ1n) is 8.43. The van der Waals surface area contributed by atoms with Crippen molar-refractivity contribution in [3.63, 3.8) is 0 Å². The number of nitrogens with one attached hydrogen (secondary N) is 1. The third-order valence-corrected chi connectivity index (χ3v) is 5.02. The van der Waals surface area contributed by atoms with Crippen LogP contribution in [0.2, 0.25) is 0 Å². The molecule has 4 heterocycles. The van der Waals surface area contributed by atoms with Gasteiger partial charge in [0.15, 0.2) is 10.8 Å². The molecule has 1 aromatic carbocycles. The Hall–Kier alpha value is -3.39. The molecular weight excluding hydrogens is 358 g/mol. The number of thiazole rings is 1. The lowest BCUT2D eigenvalue weighted by molar-refractivity contribution is 0.665. The molecule has 0 amide bonds. The third-order valence-electron chi connectivity index (χ3n) is 4.24. The standard InChI is InChI=1S/C19H15N7S/c1-11-4-3-5-14(21-11)17-16(22-18(23-17)19-20-8-9-27-19)12-6-7-13-15(10-12)25-26(2)24-13/h3-10H,1-2H3,(H,22,23). The van der Waals surface area contributed by atoms with E-state index in [1.165, 1.54) is 0 Å². The van der Waals surface area contributed by atoms with Gasteiger partial charge in [-0.05, 0) is 31.2 Å². The Labute approximate surface area is 158 Å². The second kappa shape index (κ2) is 6.10. The molecule has 0 bridgehead atoms.